The lowest BCUT2D eigenvalue weighted by atomic mass is 9.73. The van der Waals surface area contributed by atoms with E-state index < -0.39 is 0 Å². The van der Waals surface area contributed by atoms with Crippen molar-refractivity contribution in [3.63, 3.8) is 0 Å². The zero-order valence-corrected chi connectivity index (χ0v) is 9.11. The fourth-order valence-electron chi connectivity index (χ4n) is 1.52. The van der Waals surface area contributed by atoms with Crippen molar-refractivity contribution >= 4 is 0 Å². The van der Waals surface area contributed by atoms with E-state index in [0.717, 1.165) is 6.61 Å². The molecule has 1 fully saturated rings. The standard InChI is InChI=1S/C11H22O/c1-6-10(2,3)7-9-11(4,5)8-12-9/h9H,6-8H2,1-5H3. The zero-order valence-electron chi connectivity index (χ0n) is 9.11. The summed E-state index contributed by atoms with van der Waals surface area (Å²) in [5, 5.41) is 0. The highest BCUT2D eigenvalue weighted by atomic mass is 16.5. The number of hydrogen-bond donors (Lipinski definition) is 0. The van der Waals surface area contributed by atoms with Crippen molar-refractivity contribution in [2.24, 2.45) is 10.8 Å². The zero-order chi connectivity index (χ0) is 9.41. The minimum Gasteiger partial charge on any atom is -0.377 e. The van der Waals surface area contributed by atoms with E-state index >= 15 is 0 Å². The van der Waals surface area contributed by atoms with Gasteiger partial charge in [-0.1, -0.05) is 41.0 Å². The summed E-state index contributed by atoms with van der Waals surface area (Å²) >= 11 is 0. The Bertz CT molecular complexity index is 158. The number of ether oxygens (including phenoxy) is 1. The lowest BCUT2D eigenvalue weighted by molar-refractivity contribution is -0.181. The van der Waals surface area contributed by atoms with Crippen LogP contribution in [0.15, 0.2) is 0 Å². The fraction of sp³-hybridized carbons (Fsp3) is 1.00. The summed E-state index contributed by atoms with van der Waals surface area (Å²) in [4.78, 5) is 0. The third kappa shape index (κ3) is 2.01. The van der Waals surface area contributed by atoms with Crippen molar-refractivity contribution in [2.75, 3.05) is 6.61 Å². The molecule has 1 heteroatoms. The van der Waals surface area contributed by atoms with Gasteiger partial charge in [0.15, 0.2) is 0 Å². The van der Waals surface area contributed by atoms with E-state index in [1.807, 2.05) is 0 Å². The lowest BCUT2D eigenvalue weighted by Gasteiger charge is -2.47. The van der Waals surface area contributed by atoms with Gasteiger partial charge in [-0.15, -0.1) is 0 Å². The molecule has 0 aromatic carbocycles. The second-order valence-corrected chi connectivity index (χ2v) is 5.51. The van der Waals surface area contributed by atoms with Gasteiger partial charge in [0.05, 0.1) is 12.7 Å². The van der Waals surface area contributed by atoms with Crippen LogP contribution in [-0.2, 0) is 4.74 Å². The average molecular weight is 170 g/mol. The van der Waals surface area contributed by atoms with Gasteiger partial charge in [-0.3, -0.25) is 0 Å². The summed E-state index contributed by atoms with van der Waals surface area (Å²) in [7, 11) is 0. The largest absolute Gasteiger partial charge is 0.377 e. The highest BCUT2D eigenvalue weighted by Gasteiger charge is 2.42. The minimum absolute atomic E-state index is 0.423. The van der Waals surface area contributed by atoms with Crippen LogP contribution in [0.3, 0.4) is 0 Å². The second-order valence-electron chi connectivity index (χ2n) is 5.51. The number of rotatable bonds is 3. The Morgan fingerprint density at radius 2 is 2.00 bits per heavy atom. The van der Waals surface area contributed by atoms with Crippen LogP contribution in [0.5, 0.6) is 0 Å². The third-order valence-electron chi connectivity index (χ3n) is 3.22. The topological polar surface area (TPSA) is 9.23 Å². The Morgan fingerprint density at radius 3 is 2.25 bits per heavy atom. The van der Waals surface area contributed by atoms with Crippen LogP contribution in [-0.4, -0.2) is 12.7 Å². The first-order valence-corrected chi connectivity index (χ1v) is 4.99. The van der Waals surface area contributed by atoms with E-state index in [9.17, 15) is 0 Å². The maximum Gasteiger partial charge on any atom is 0.0653 e. The van der Waals surface area contributed by atoms with Crippen molar-refractivity contribution < 1.29 is 4.74 Å². The molecule has 0 amide bonds. The van der Waals surface area contributed by atoms with Crippen molar-refractivity contribution in [3.8, 4) is 0 Å². The monoisotopic (exact) mass is 170 g/mol. The molecule has 1 heterocycles. The van der Waals surface area contributed by atoms with Crippen LogP contribution < -0.4 is 0 Å². The summed E-state index contributed by atoms with van der Waals surface area (Å²) < 4.78 is 5.58. The van der Waals surface area contributed by atoms with E-state index in [4.69, 9.17) is 4.74 Å². The van der Waals surface area contributed by atoms with E-state index in [2.05, 4.69) is 34.6 Å². The van der Waals surface area contributed by atoms with E-state index in [-0.39, 0.29) is 0 Å². The predicted octanol–water partition coefficient (Wildman–Crippen LogP) is 3.24. The minimum atomic E-state index is 0.423. The molecule has 0 saturated carbocycles. The first-order valence-electron chi connectivity index (χ1n) is 4.99. The van der Waals surface area contributed by atoms with E-state index in [1.54, 1.807) is 0 Å². The van der Waals surface area contributed by atoms with Crippen LogP contribution >= 0.6 is 0 Å². The van der Waals surface area contributed by atoms with Crippen LogP contribution in [0.2, 0.25) is 0 Å². The van der Waals surface area contributed by atoms with Crippen LogP contribution in [0, 0.1) is 10.8 Å². The molecule has 1 aliphatic rings. The molecule has 0 N–H and O–H groups in total. The summed E-state index contributed by atoms with van der Waals surface area (Å²) in [6.07, 6.45) is 2.94. The second kappa shape index (κ2) is 3.02. The van der Waals surface area contributed by atoms with Crippen LogP contribution in [0.25, 0.3) is 0 Å². The molecule has 0 radical (unpaired) electrons. The molecule has 0 aromatic rings. The third-order valence-corrected chi connectivity index (χ3v) is 3.22. The van der Waals surface area contributed by atoms with Gasteiger partial charge in [0.1, 0.15) is 0 Å². The molecule has 1 saturated heterocycles. The van der Waals surface area contributed by atoms with Gasteiger partial charge in [-0.05, 0) is 11.8 Å². The Morgan fingerprint density at radius 1 is 1.42 bits per heavy atom. The molecule has 0 bridgehead atoms. The summed E-state index contributed by atoms with van der Waals surface area (Å²) in [6, 6.07) is 0. The lowest BCUT2D eigenvalue weighted by Crippen LogP contribution is -2.49. The van der Waals surface area contributed by atoms with Gasteiger partial charge in [0.25, 0.3) is 0 Å². The molecule has 1 nitrogen and oxygen atoms in total. The van der Waals surface area contributed by atoms with Gasteiger partial charge in [-0.25, -0.2) is 0 Å². The summed E-state index contributed by atoms with van der Waals surface area (Å²) in [5.41, 5.74) is 0.870. The first kappa shape index (κ1) is 10.0. The molecule has 0 spiro atoms. The Kier molecular flexibility index (Phi) is 2.53. The molecule has 1 atom stereocenters. The maximum atomic E-state index is 5.58. The van der Waals surface area contributed by atoms with Gasteiger partial charge < -0.3 is 4.74 Å². The molecule has 1 aliphatic heterocycles. The van der Waals surface area contributed by atoms with Crippen LogP contribution in [0.1, 0.15) is 47.5 Å². The van der Waals surface area contributed by atoms with E-state index in [1.165, 1.54) is 12.8 Å². The summed E-state index contributed by atoms with van der Waals surface area (Å²) in [6.45, 7) is 12.4. The SMILES string of the molecule is CCC(C)(C)CC1OCC1(C)C. The molecule has 0 aromatic heterocycles. The Balaban J connectivity index is 2.42. The van der Waals surface area contributed by atoms with Gasteiger partial charge in [0.2, 0.25) is 0 Å². The molecule has 12 heavy (non-hydrogen) atoms. The highest BCUT2D eigenvalue weighted by Crippen LogP contribution is 2.41. The predicted molar refractivity (Wildman–Crippen MR) is 52.2 cm³/mol. The molecular weight excluding hydrogens is 148 g/mol. The van der Waals surface area contributed by atoms with Crippen molar-refractivity contribution in [1.82, 2.24) is 0 Å². The smallest absolute Gasteiger partial charge is 0.0653 e. The van der Waals surface area contributed by atoms with Crippen molar-refractivity contribution in [1.29, 1.82) is 0 Å². The molecular formula is C11H22O. The van der Waals surface area contributed by atoms with Gasteiger partial charge in [-0.2, -0.15) is 0 Å². The fourth-order valence-corrected chi connectivity index (χ4v) is 1.52. The molecule has 0 aliphatic carbocycles. The highest BCUT2D eigenvalue weighted by molar-refractivity contribution is 4.90. The quantitative estimate of drug-likeness (QED) is 0.632. The molecule has 1 unspecified atom stereocenters. The maximum absolute atomic E-state index is 5.58. The van der Waals surface area contributed by atoms with Crippen molar-refractivity contribution in [3.05, 3.63) is 0 Å². The molecule has 1 rings (SSSR count). The van der Waals surface area contributed by atoms with Crippen LogP contribution in [0.4, 0.5) is 0 Å². The van der Waals surface area contributed by atoms with Gasteiger partial charge >= 0.3 is 0 Å². The van der Waals surface area contributed by atoms with Crippen molar-refractivity contribution in [2.45, 2.75) is 53.6 Å². The summed E-state index contributed by atoms with van der Waals surface area (Å²) in [5.74, 6) is 0. The average Bonchev–Trinajstić information content (AvgIpc) is 1.99. The number of hydrogen-bond acceptors (Lipinski definition) is 1. The Labute approximate surface area is 76.5 Å². The van der Waals surface area contributed by atoms with Gasteiger partial charge in [0, 0.05) is 5.41 Å². The first-order chi connectivity index (χ1) is 5.37. The molecule has 72 valence electrons. The normalized spacial score (nSPS) is 28.2. The Hall–Kier alpha value is -0.0400. The van der Waals surface area contributed by atoms with E-state index in [0.29, 0.717) is 16.9 Å².